The van der Waals surface area contributed by atoms with Gasteiger partial charge in [0.1, 0.15) is 5.54 Å². The van der Waals surface area contributed by atoms with Crippen molar-refractivity contribution >= 4 is 35.6 Å². The summed E-state index contributed by atoms with van der Waals surface area (Å²) in [4.78, 5) is 71.2. The highest BCUT2D eigenvalue weighted by molar-refractivity contribution is 6.21. The maximum absolute atomic E-state index is 12.8. The number of rotatable bonds is 22. The molecule has 0 aromatic heterocycles. The number of fused-ring (bicyclic) bond motifs is 1. The fourth-order valence-electron chi connectivity index (χ4n) is 3.74. The van der Waals surface area contributed by atoms with Crippen LogP contribution in [0.3, 0.4) is 0 Å². The van der Waals surface area contributed by atoms with Gasteiger partial charge >= 0.3 is 17.9 Å². The zero-order valence-corrected chi connectivity index (χ0v) is 22.4. The molecule has 0 aliphatic carbocycles. The van der Waals surface area contributed by atoms with E-state index in [4.69, 9.17) is 34.3 Å². The molecule has 15 heteroatoms. The van der Waals surface area contributed by atoms with Gasteiger partial charge in [-0.3, -0.25) is 33.7 Å². The first kappa shape index (κ1) is 33.3. The molecule has 0 radical (unpaired) electrons. The number of carboxylic acid groups (broad SMARTS) is 3. The number of hydrogen-bond acceptors (Lipinski definition) is 10. The number of carbonyl (C=O) groups is 6. The second-order valence-corrected chi connectivity index (χ2v) is 9.09. The Kier molecular flexibility index (Phi) is 13.8. The topological polar surface area (TPSA) is 215 Å². The van der Waals surface area contributed by atoms with Crippen molar-refractivity contribution in [3.63, 3.8) is 0 Å². The maximum atomic E-state index is 12.8. The van der Waals surface area contributed by atoms with Crippen LogP contribution >= 0.6 is 0 Å². The maximum Gasteiger partial charge on any atom is 0.305 e. The molecule has 226 valence electrons. The quantitative estimate of drug-likeness (QED) is 0.105. The molecule has 0 saturated heterocycles. The number of imide groups is 1. The van der Waals surface area contributed by atoms with Crippen LogP contribution in [-0.2, 0) is 38.1 Å². The second kappa shape index (κ2) is 17.0. The summed E-state index contributed by atoms with van der Waals surface area (Å²) in [5.41, 5.74) is -0.767. The number of carboxylic acids is 3. The zero-order valence-electron chi connectivity index (χ0n) is 22.4. The molecule has 2 rings (SSSR count). The van der Waals surface area contributed by atoms with Gasteiger partial charge in [-0.25, -0.2) is 0 Å². The van der Waals surface area contributed by atoms with Crippen molar-refractivity contribution in [3.05, 3.63) is 35.4 Å². The standard InChI is InChI=1S/C26H34N2O13/c29-20(5-10-38-14-9-28-24(36)18-3-1-2-4-19(18)25(28)37)27-26(15-39-11-6-21(30)31,16-40-12-7-22(32)33)17-41-13-8-23(34)35/h1-4H,5-17H2,(H,27,29)(H,30,31)(H,32,33)(H,34,35). The molecular weight excluding hydrogens is 548 g/mol. The van der Waals surface area contributed by atoms with Crippen molar-refractivity contribution in [1.29, 1.82) is 0 Å². The molecule has 41 heavy (non-hydrogen) atoms. The van der Waals surface area contributed by atoms with Gasteiger partial charge in [0.2, 0.25) is 5.91 Å². The van der Waals surface area contributed by atoms with Gasteiger partial charge in [0.05, 0.1) is 89.8 Å². The second-order valence-electron chi connectivity index (χ2n) is 9.09. The van der Waals surface area contributed by atoms with Crippen molar-refractivity contribution in [2.75, 3.05) is 59.4 Å². The van der Waals surface area contributed by atoms with Crippen molar-refractivity contribution in [1.82, 2.24) is 10.2 Å². The van der Waals surface area contributed by atoms with Gasteiger partial charge in [0.25, 0.3) is 11.8 Å². The van der Waals surface area contributed by atoms with Crippen molar-refractivity contribution in [2.45, 2.75) is 31.2 Å². The van der Waals surface area contributed by atoms with Crippen LogP contribution in [0.1, 0.15) is 46.4 Å². The van der Waals surface area contributed by atoms with E-state index in [9.17, 15) is 28.8 Å². The molecule has 1 aliphatic heterocycles. The number of amides is 3. The minimum Gasteiger partial charge on any atom is -0.481 e. The Balaban J connectivity index is 1.92. The van der Waals surface area contributed by atoms with Gasteiger partial charge in [0, 0.05) is 6.42 Å². The predicted molar refractivity (Wildman–Crippen MR) is 137 cm³/mol. The minimum absolute atomic E-state index is 0.00977. The summed E-state index contributed by atoms with van der Waals surface area (Å²) < 4.78 is 21.7. The number of ether oxygens (including phenoxy) is 4. The van der Waals surface area contributed by atoms with Gasteiger partial charge in [-0.15, -0.1) is 0 Å². The number of nitrogens with zero attached hydrogens (tertiary/aromatic N) is 1. The minimum atomic E-state index is -1.40. The number of carbonyl (C=O) groups excluding carboxylic acids is 3. The summed E-state index contributed by atoms with van der Waals surface area (Å²) in [6.45, 7) is -1.51. The number of hydrogen-bond donors (Lipinski definition) is 4. The summed E-state index contributed by atoms with van der Waals surface area (Å²) in [6, 6.07) is 6.45. The molecule has 1 heterocycles. The molecule has 0 saturated carbocycles. The smallest absolute Gasteiger partial charge is 0.305 e. The molecule has 4 N–H and O–H groups in total. The van der Waals surface area contributed by atoms with Crippen LogP contribution in [0.2, 0.25) is 0 Å². The third-order valence-electron chi connectivity index (χ3n) is 5.73. The molecule has 1 aromatic rings. The van der Waals surface area contributed by atoms with E-state index >= 15 is 0 Å². The Morgan fingerprint density at radius 2 is 1.07 bits per heavy atom. The van der Waals surface area contributed by atoms with Gasteiger partial charge in [-0.2, -0.15) is 0 Å². The first-order valence-electron chi connectivity index (χ1n) is 12.8. The Labute approximate surface area is 235 Å². The van der Waals surface area contributed by atoms with Crippen LogP contribution < -0.4 is 5.32 Å². The highest BCUT2D eigenvalue weighted by Gasteiger charge is 2.35. The Morgan fingerprint density at radius 3 is 1.49 bits per heavy atom. The van der Waals surface area contributed by atoms with E-state index in [2.05, 4.69) is 5.32 Å². The molecule has 1 aliphatic rings. The lowest BCUT2D eigenvalue weighted by atomic mass is 10.0. The molecule has 15 nitrogen and oxygen atoms in total. The predicted octanol–water partition coefficient (Wildman–Crippen LogP) is 0.0182. The van der Waals surface area contributed by atoms with E-state index in [0.717, 1.165) is 4.90 Å². The first-order chi connectivity index (χ1) is 19.5. The summed E-state index contributed by atoms with van der Waals surface area (Å²) >= 11 is 0. The van der Waals surface area contributed by atoms with E-state index in [-0.39, 0.29) is 85.1 Å². The first-order valence-corrected chi connectivity index (χ1v) is 12.8. The summed E-state index contributed by atoms with van der Waals surface area (Å²) in [6.07, 6.45) is -1.11. The fraction of sp³-hybridized carbons (Fsp3) is 0.538. The van der Waals surface area contributed by atoms with Gasteiger partial charge in [-0.05, 0) is 12.1 Å². The third-order valence-corrected chi connectivity index (χ3v) is 5.73. The average molecular weight is 583 g/mol. The van der Waals surface area contributed by atoms with E-state index in [0.29, 0.717) is 11.1 Å². The normalized spacial score (nSPS) is 12.8. The number of nitrogens with one attached hydrogen (secondary N) is 1. The van der Waals surface area contributed by atoms with Crippen LogP contribution in [0, 0.1) is 0 Å². The molecule has 0 bridgehead atoms. The van der Waals surface area contributed by atoms with E-state index < -0.39 is 41.2 Å². The highest BCUT2D eigenvalue weighted by Crippen LogP contribution is 2.22. The summed E-state index contributed by atoms with van der Waals surface area (Å²) in [5.74, 6) is -4.71. The zero-order chi connectivity index (χ0) is 30.3. The van der Waals surface area contributed by atoms with Crippen molar-refractivity contribution in [2.24, 2.45) is 0 Å². The van der Waals surface area contributed by atoms with Crippen LogP contribution in [0.15, 0.2) is 24.3 Å². The van der Waals surface area contributed by atoms with Crippen LogP contribution in [0.25, 0.3) is 0 Å². The lowest BCUT2D eigenvalue weighted by Crippen LogP contribution is -2.59. The van der Waals surface area contributed by atoms with Crippen LogP contribution in [0.4, 0.5) is 0 Å². The summed E-state index contributed by atoms with van der Waals surface area (Å²) in [7, 11) is 0. The Bertz CT molecular complexity index is 1000. The van der Waals surface area contributed by atoms with Gasteiger partial charge < -0.3 is 39.6 Å². The molecule has 1 aromatic carbocycles. The molecule has 3 amide bonds. The molecule has 0 atom stereocenters. The molecular formula is C26H34N2O13. The van der Waals surface area contributed by atoms with Crippen LogP contribution in [0.5, 0.6) is 0 Å². The van der Waals surface area contributed by atoms with Crippen molar-refractivity contribution in [3.8, 4) is 0 Å². The van der Waals surface area contributed by atoms with Gasteiger partial charge in [-0.1, -0.05) is 12.1 Å². The monoisotopic (exact) mass is 582 g/mol. The Morgan fingerprint density at radius 1 is 0.659 bits per heavy atom. The fourth-order valence-corrected chi connectivity index (χ4v) is 3.74. The van der Waals surface area contributed by atoms with Crippen LogP contribution in [-0.4, -0.2) is 121 Å². The highest BCUT2D eigenvalue weighted by atomic mass is 16.5. The molecule has 0 fully saturated rings. The lowest BCUT2D eigenvalue weighted by Gasteiger charge is -2.34. The molecule has 0 unspecified atom stereocenters. The average Bonchev–Trinajstić information content (AvgIpc) is 3.16. The van der Waals surface area contributed by atoms with E-state index in [1.807, 2.05) is 0 Å². The molecule has 0 spiro atoms. The SMILES string of the molecule is O=C(O)CCOCC(COCCC(=O)O)(COCCC(=O)O)NC(=O)CCOCCN1C(=O)c2ccccc2C1=O. The van der Waals surface area contributed by atoms with E-state index in [1.54, 1.807) is 24.3 Å². The van der Waals surface area contributed by atoms with Crippen molar-refractivity contribution < 1.29 is 63.0 Å². The Hall–Kier alpha value is -3.92. The number of benzene rings is 1. The summed E-state index contributed by atoms with van der Waals surface area (Å²) in [5, 5.41) is 29.3. The van der Waals surface area contributed by atoms with Gasteiger partial charge in [0.15, 0.2) is 0 Å². The third kappa shape index (κ3) is 11.6. The number of aliphatic carboxylic acids is 3. The lowest BCUT2D eigenvalue weighted by molar-refractivity contribution is -0.140. The van der Waals surface area contributed by atoms with E-state index in [1.165, 1.54) is 0 Å². The largest absolute Gasteiger partial charge is 0.481 e.